The molecule has 0 aromatic heterocycles. The Hall–Kier alpha value is -8.42. The molecule has 3 aliphatic heterocycles. The van der Waals surface area contributed by atoms with Crippen LogP contribution in [0.5, 0.6) is 5.75 Å². The molecule has 7 atom stereocenters. The summed E-state index contributed by atoms with van der Waals surface area (Å²) >= 11 is 0. The molecule has 74 heavy (non-hydrogen) atoms. The Morgan fingerprint density at radius 3 is 2.18 bits per heavy atom. The minimum absolute atomic E-state index is 0.00217. The summed E-state index contributed by atoms with van der Waals surface area (Å²) in [6.45, 7) is -0.930. The van der Waals surface area contributed by atoms with Crippen LogP contribution in [-0.4, -0.2) is 69.7 Å². The van der Waals surface area contributed by atoms with E-state index in [1.807, 2.05) is 65.6 Å². The molecular weight excluding hydrogens is 941 g/mol. The zero-order valence-electron chi connectivity index (χ0n) is 40.1. The smallest absolute Gasteiger partial charge is 0.421 e. The van der Waals surface area contributed by atoms with Crippen molar-refractivity contribution in [1.29, 1.82) is 0 Å². The molecule has 2 fully saturated rings. The number of aliphatic hydroxyl groups excluding tert-OH is 2. The van der Waals surface area contributed by atoms with Crippen molar-refractivity contribution in [1.82, 2.24) is 10.2 Å². The van der Waals surface area contributed by atoms with Crippen LogP contribution in [0, 0.1) is 27.9 Å². The number of anilines is 1. The van der Waals surface area contributed by atoms with Crippen LogP contribution in [0.1, 0.15) is 88.9 Å². The first-order chi connectivity index (χ1) is 36.1. The molecule has 6 aromatic rings. The van der Waals surface area contributed by atoms with E-state index in [2.05, 4.69) is 23.2 Å². The Labute approximate surface area is 427 Å². The number of ether oxygens (including phenoxy) is 3. The third-order valence-corrected chi connectivity index (χ3v) is 14.3. The molecule has 10 rings (SSSR count). The maximum Gasteiger partial charge on any atom is 0.421 e. The van der Waals surface area contributed by atoms with Crippen LogP contribution in [0.4, 0.5) is 16.2 Å². The molecule has 1 aliphatic carbocycles. The second kappa shape index (κ2) is 21.3. The van der Waals surface area contributed by atoms with Gasteiger partial charge in [0.2, 0.25) is 11.8 Å². The molecule has 3 heterocycles. The lowest BCUT2D eigenvalue weighted by atomic mass is 9.65. The molecule has 0 unspecified atom stereocenters. The fourth-order valence-electron chi connectivity index (χ4n) is 11.0. The van der Waals surface area contributed by atoms with E-state index in [9.17, 15) is 25.1 Å². The van der Waals surface area contributed by atoms with Crippen LogP contribution < -0.4 is 15.0 Å². The van der Waals surface area contributed by atoms with Gasteiger partial charge >= 0.3 is 12.1 Å². The van der Waals surface area contributed by atoms with Crippen molar-refractivity contribution in [2.75, 3.05) is 24.7 Å². The maximum absolute atomic E-state index is 16.6. The summed E-state index contributed by atoms with van der Waals surface area (Å²) in [7, 11) is 0. The second-order valence-corrected chi connectivity index (χ2v) is 18.7. The van der Waals surface area contributed by atoms with Crippen molar-refractivity contribution in [3.05, 3.63) is 218 Å². The van der Waals surface area contributed by atoms with Gasteiger partial charge in [-0.2, -0.15) is 0 Å². The zero-order valence-corrected chi connectivity index (χ0v) is 40.1. The summed E-state index contributed by atoms with van der Waals surface area (Å²) in [6.07, 6.45) is 2.58. The maximum atomic E-state index is 16.6. The summed E-state index contributed by atoms with van der Waals surface area (Å²) in [5, 5.41) is 35.5. The van der Waals surface area contributed by atoms with Crippen molar-refractivity contribution < 1.29 is 48.5 Å². The first kappa shape index (κ1) is 49.2. The average Bonchev–Trinajstić information content (AvgIpc) is 3.96. The zero-order chi connectivity index (χ0) is 51.3. The number of amides is 3. The normalized spacial score (nSPS) is 22.3. The first-order valence-electron chi connectivity index (χ1n) is 24.6. The molecule has 6 aromatic carbocycles. The van der Waals surface area contributed by atoms with Gasteiger partial charge in [0.05, 0.1) is 41.3 Å². The van der Waals surface area contributed by atoms with Gasteiger partial charge in [0, 0.05) is 24.2 Å². The number of carbonyl (C=O) groups is 4. The number of allylic oxidation sites excluding steroid dienone is 2. The summed E-state index contributed by atoms with van der Waals surface area (Å²) in [5.41, 5.74) is 2.18. The second-order valence-electron chi connectivity index (χ2n) is 18.7. The Balaban J connectivity index is 1.21. The highest BCUT2D eigenvalue weighted by Gasteiger charge is 2.75. The van der Waals surface area contributed by atoms with Gasteiger partial charge < -0.3 is 29.7 Å². The van der Waals surface area contributed by atoms with Gasteiger partial charge in [0.15, 0.2) is 0 Å². The monoisotopic (exact) mass is 992 g/mol. The molecule has 0 bridgehead atoms. The molecule has 2 saturated heterocycles. The number of nitro benzene ring substituents is 1. The van der Waals surface area contributed by atoms with E-state index >= 15 is 14.4 Å². The molecule has 0 saturated carbocycles. The van der Waals surface area contributed by atoms with E-state index < -0.39 is 70.5 Å². The highest BCUT2D eigenvalue weighted by molar-refractivity contribution is 6.23. The van der Waals surface area contributed by atoms with E-state index in [4.69, 9.17) is 14.2 Å². The number of nitro groups is 1. The summed E-state index contributed by atoms with van der Waals surface area (Å²) in [4.78, 5) is 76.6. The van der Waals surface area contributed by atoms with E-state index in [0.717, 1.165) is 36.2 Å². The van der Waals surface area contributed by atoms with Crippen LogP contribution in [0.25, 0.3) is 0 Å². The van der Waals surface area contributed by atoms with Crippen molar-refractivity contribution in [3.63, 3.8) is 0 Å². The van der Waals surface area contributed by atoms with Crippen LogP contribution >= 0.6 is 0 Å². The van der Waals surface area contributed by atoms with Gasteiger partial charge in [-0.05, 0) is 107 Å². The number of carbonyl (C=O) groups excluding carboxylic acids is 4. The van der Waals surface area contributed by atoms with Crippen molar-refractivity contribution in [2.45, 2.75) is 68.0 Å². The number of morpholine rings is 1. The lowest BCUT2D eigenvalue weighted by Crippen LogP contribution is -2.56. The first-order valence-corrected chi connectivity index (χ1v) is 24.6. The van der Waals surface area contributed by atoms with Gasteiger partial charge in [0.1, 0.15) is 36.5 Å². The summed E-state index contributed by atoms with van der Waals surface area (Å²) in [6, 6.07) is 41.1. The third-order valence-electron chi connectivity index (χ3n) is 14.3. The van der Waals surface area contributed by atoms with Gasteiger partial charge in [-0.1, -0.05) is 121 Å². The number of hydrogen-bond acceptors (Lipinski definition) is 12. The largest absolute Gasteiger partial charge is 0.491 e. The molecule has 3 N–H and O–H groups in total. The molecule has 4 aliphatic rings. The topological polar surface area (TPSA) is 198 Å². The van der Waals surface area contributed by atoms with Crippen LogP contribution in [0.15, 0.2) is 169 Å². The predicted octanol–water partition coefficient (Wildman–Crippen LogP) is 8.67. The number of nitrogens with zero attached hydrogens (tertiary/aromatic N) is 3. The van der Waals surface area contributed by atoms with Crippen LogP contribution in [-0.2, 0) is 35.9 Å². The SMILES string of the molecule is O=C1O[C@@H](c2ccccc2)[C@@H](c2ccccc2)N2[C@@H](c3ccc(OCCO)cc3)[C@]3(C(=O)N(C(=O)OCc4ccc([N+](=O)[O-])cc4)c4ccc(C#CC5=CCCCC5)cc43)[C@@H](C(=O)NC[C@H](O)c3ccccc3)[C@H]12. The number of esters is 1. The average molecular weight is 993 g/mol. The molecular formula is C59H52N4O11. The number of nitrogens with one attached hydrogen (secondary N) is 1. The highest BCUT2D eigenvalue weighted by atomic mass is 16.6. The molecule has 3 amide bonds. The molecule has 374 valence electrons. The number of fused-ring (bicyclic) bond motifs is 3. The predicted molar refractivity (Wildman–Crippen MR) is 272 cm³/mol. The fraction of sp³-hybridized carbons (Fsp3) is 0.254. The van der Waals surface area contributed by atoms with Crippen molar-refractivity contribution >= 4 is 35.3 Å². The minimum Gasteiger partial charge on any atom is -0.491 e. The Bertz CT molecular complexity index is 3160. The summed E-state index contributed by atoms with van der Waals surface area (Å²) in [5.74, 6) is 2.92. The molecule has 15 heteroatoms. The van der Waals surface area contributed by atoms with Gasteiger partial charge in [-0.25, -0.2) is 9.69 Å². The minimum atomic E-state index is -2.15. The Morgan fingerprint density at radius 1 is 0.824 bits per heavy atom. The van der Waals surface area contributed by atoms with E-state index in [-0.39, 0.29) is 43.3 Å². The number of benzene rings is 6. The van der Waals surface area contributed by atoms with Crippen molar-refractivity contribution in [2.24, 2.45) is 5.92 Å². The van der Waals surface area contributed by atoms with E-state index in [1.165, 1.54) is 24.3 Å². The quantitative estimate of drug-likeness (QED) is 0.0432. The van der Waals surface area contributed by atoms with Crippen LogP contribution in [0.3, 0.4) is 0 Å². The Morgan fingerprint density at radius 2 is 1.51 bits per heavy atom. The fourth-order valence-corrected chi connectivity index (χ4v) is 11.0. The molecule has 15 nitrogen and oxygen atoms in total. The van der Waals surface area contributed by atoms with Gasteiger partial charge in [-0.3, -0.25) is 29.4 Å². The highest BCUT2D eigenvalue weighted by Crippen LogP contribution is 2.66. The van der Waals surface area contributed by atoms with Gasteiger partial charge in [-0.15, -0.1) is 0 Å². The van der Waals surface area contributed by atoms with Gasteiger partial charge in [0.25, 0.3) is 5.69 Å². The lowest BCUT2D eigenvalue weighted by Gasteiger charge is -2.46. The Kier molecular flexibility index (Phi) is 14.2. The number of cyclic esters (lactones) is 1. The van der Waals surface area contributed by atoms with E-state index in [1.54, 1.807) is 72.8 Å². The van der Waals surface area contributed by atoms with E-state index in [0.29, 0.717) is 39.1 Å². The summed E-state index contributed by atoms with van der Waals surface area (Å²) < 4.78 is 18.3. The lowest BCUT2D eigenvalue weighted by molar-refractivity contribution is -0.384. The molecule has 0 radical (unpaired) electrons. The number of aliphatic hydroxyl groups is 2. The van der Waals surface area contributed by atoms with Crippen molar-refractivity contribution in [3.8, 4) is 17.6 Å². The van der Waals surface area contributed by atoms with Crippen LogP contribution in [0.2, 0.25) is 0 Å². The number of imide groups is 1. The standard InChI is InChI=1S/C59H52N4O11/c64-33-34-72-46-30-26-44(27-31-46)54-59(47-35-39(22-21-38-13-5-1-6-14-38)25-32-48(47)61(57(59)68)58(69)73-37-40-23-28-45(29-24-40)63(70)71)50(55(66)60-36-49(65)41-15-7-2-8-16-41)52-56(67)74-53(43-19-11-4-12-20-43)51(62(52)54)42-17-9-3-10-18-42/h2-4,7-13,15-20,23-32,35,49-54,64-65H,1,5-6,14,33-34,36-37H2,(H,60,66)/t49-,50+,51+,52+,53-,54-,59+/m0/s1. The third kappa shape index (κ3) is 9.31. The number of non-ortho nitro benzene ring substituents is 1. The number of rotatable bonds is 13. The molecule has 1 spiro atoms. The number of hydrogen-bond donors (Lipinski definition) is 3.